The minimum absolute atomic E-state index is 0.356. The number of hydrogen-bond donors (Lipinski definition) is 2. The predicted molar refractivity (Wildman–Crippen MR) is 52.7 cm³/mol. The summed E-state index contributed by atoms with van der Waals surface area (Å²) in [6, 6.07) is 0. The second kappa shape index (κ2) is 3.45. The number of aryl methyl sites for hydroxylation is 1. The molecule has 1 heterocycles. The summed E-state index contributed by atoms with van der Waals surface area (Å²) in [6.07, 6.45) is 0. The molecule has 0 radical (unpaired) electrons. The third-order valence-corrected chi connectivity index (χ3v) is 3.47. The Bertz CT molecular complexity index is 341. The van der Waals surface area contributed by atoms with Gasteiger partial charge in [-0.25, -0.2) is 14.3 Å². The summed E-state index contributed by atoms with van der Waals surface area (Å²) in [5, 5.41) is 14.8. The molecular weight excluding hydrogens is 208 g/mol. The standard InChI is InChI=1S/C7H12N2O2S2/c1-4-5(7(2,3)10)9-6(12-4)13(8)11/h10H,8H2,1-3H3. The number of aromatic nitrogens is 1. The zero-order valence-electron chi connectivity index (χ0n) is 7.70. The van der Waals surface area contributed by atoms with E-state index in [2.05, 4.69) is 4.98 Å². The first-order chi connectivity index (χ1) is 5.82. The molecule has 6 heteroatoms. The molecule has 0 amide bonds. The smallest absolute Gasteiger partial charge is 0.196 e. The van der Waals surface area contributed by atoms with Crippen LogP contribution in [-0.2, 0) is 16.6 Å². The van der Waals surface area contributed by atoms with Gasteiger partial charge >= 0.3 is 0 Å². The number of rotatable bonds is 2. The first kappa shape index (κ1) is 10.8. The quantitative estimate of drug-likeness (QED) is 0.768. The minimum Gasteiger partial charge on any atom is -0.384 e. The third-order valence-electron chi connectivity index (χ3n) is 1.53. The summed E-state index contributed by atoms with van der Waals surface area (Å²) in [4.78, 5) is 4.87. The van der Waals surface area contributed by atoms with E-state index in [0.717, 1.165) is 4.88 Å². The largest absolute Gasteiger partial charge is 0.384 e. The van der Waals surface area contributed by atoms with Crippen LogP contribution >= 0.6 is 11.3 Å². The Balaban J connectivity index is 3.18. The Morgan fingerprint density at radius 3 is 2.38 bits per heavy atom. The molecule has 0 aromatic carbocycles. The molecule has 1 rings (SSSR count). The van der Waals surface area contributed by atoms with Crippen molar-refractivity contribution in [1.29, 1.82) is 0 Å². The Morgan fingerprint density at radius 1 is 1.62 bits per heavy atom. The molecule has 3 N–H and O–H groups in total. The number of nitrogens with zero attached hydrogens (tertiary/aromatic N) is 1. The zero-order valence-corrected chi connectivity index (χ0v) is 9.33. The maximum absolute atomic E-state index is 10.9. The first-order valence-electron chi connectivity index (χ1n) is 3.69. The number of aliphatic hydroxyl groups is 1. The van der Waals surface area contributed by atoms with Crippen molar-refractivity contribution in [3.05, 3.63) is 10.6 Å². The van der Waals surface area contributed by atoms with Crippen LogP contribution in [0.3, 0.4) is 0 Å². The maximum Gasteiger partial charge on any atom is 0.196 e. The molecule has 1 atom stereocenters. The monoisotopic (exact) mass is 220 g/mol. The fourth-order valence-electron chi connectivity index (χ4n) is 1.03. The topological polar surface area (TPSA) is 76.2 Å². The van der Waals surface area contributed by atoms with Crippen LogP contribution in [0.2, 0.25) is 0 Å². The molecule has 0 aliphatic rings. The summed E-state index contributed by atoms with van der Waals surface area (Å²) in [6.45, 7) is 5.10. The van der Waals surface area contributed by atoms with Crippen LogP contribution in [0.4, 0.5) is 0 Å². The highest BCUT2D eigenvalue weighted by Crippen LogP contribution is 2.27. The van der Waals surface area contributed by atoms with E-state index in [1.165, 1.54) is 11.3 Å². The molecule has 4 nitrogen and oxygen atoms in total. The van der Waals surface area contributed by atoms with Gasteiger partial charge in [-0.2, -0.15) is 0 Å². The summed E-state index contributed by atoms with van der Waals surface area (Å²) in [5.74, 6) is 0. The Hall–Kier alpha value is -0.300. The van der Waals surface area contributed by atoms with Crippen LogP contribution in [0, 0.1) is 6.92 Å². The second-order valence-corrected chi connectivity index (χ2v) is 5.68. The Labute approximate surface area is 83.4 Å². The van der Waals surface area contributed by atoms with E-state index in [0.29, 0.717) is 10.0 Å². The van der Waals surface area contributed by atoms with Crippen molar-refractivity contribution < 1.29 is 9.32 Å². The van der Waals surface area contributed by atoms with E-state index in [-0.39, 0.29) is 0 Å². The number of hydrogen-bond acceptors (Lipinski definition) is 4. The van der Waals surface area contributed by atoms with Crippen molar-refractivity contribution in [3.63, 3.8) is 0 Å². The van der Waals surface area contributed by atoms with E-state index in [1.807, 2.05) is 6.92 Å². The SMILES string of the molecule is Cc1sc(S(N)=O)nc1C(C)(C)O. The van der Waals surface area contributed by atoms with Crippen molar-refractivity contribution in [2.75, 3.05) is 0 Å². The maximum atomic E-state index is 10.9. The molecule has 0 spiro atoms. The van der Waals surface area contributed by atoms with Gasteiger partial charge in [-0.1, -0.05) is 0 Å². The molecule has 1 aromatic heterocycles. The lowest BCUT2D eigenvalue weighted by molar-refractivity contribution is 0.0734. The minimum atomic E-state index is -1.56. The predicted octanol–water partition coefficient (Wildman–Crippen LogP) is 0.660. The highest BCUT2D eigenvalue weighted by molar-refractivity contribution is 7.84. The third kappa shape index (κ3) is 2.34. The van der Waals surface area contributed by atoms with E-state index < -0.39 is 16.6 Å². The average molecular weight is 220 g/mol. The summed E-state index contributed by atoms with van der Waals surface area (Å²) >= 11 is 1.25. The van der Waals surface area contributed by atoms with Gasteiger partial charge in [0, 0.05) is 4.88 Å². The lowest BCUT2D eigenvalue weighted by Crippen LogP contribution is -2.17. The Kier molecular flexibility index (Phi) is 2.86. The van der Waals surface area contributed by atoms with Gasteiger partial charge < -0.3 is 5.11 Å². The lowest BCUT2D eigenvalue weighted by Gasteiger charge is -2.14. The molecule has 0 saturated carbocycles. The molecule has 13 heavy (non-hydrogen) atoms. The van der Waals surface area contributed by atoms with Gasteiger partial charge in [-0.15, -0.1) is 11.3 Å². The summed E-state index contributed by atoms with van der Waals surface area (Å²) < 4.78 is 11.2. The van der Waals surface area contributed by atoms with Crippen molar-refractivity contribution in [3.8, 4) is 0 Å². The van der Waals surface area contributed by atoms with Crippen LogP contribution < -0.4 is 5.14 Å². The molecule has 0 fully saturated rings. The summed E-state index contributed by atoms with van der Waals surface area (Å²) in [5.41, 5.74) is -0.454. The highest BCUT2D eigenvalue weighted by Gasteiger charge is 2.23. The zero-order chi connectivity index (χ0) is 10.2. The van der Waals surface area contributed by atoms with Crippen molar-refractivity contribution >= 4 is 22.3 Å². The van der Waals surface area contributed by atoms with E-state index >= 15 is 0 Å². The first-order valence-corrected chi connectivity index (χ1v) is 5.72. The fraction of sp³-hybridized carbons (Fsp3) is 0.571. The summed E-state index contributed by atoms with van der Waals surface area (Å²) in [7, 11) is -1.56. The van der Waals surface area contributed by atoms with Gasteiger partial charge in [-0.05, 0) is 20.8 Å². The van der Waals surface area contributed by atoms with E-state index in [4.69, 9.17) is 5.14 Å². The van der Waals surface area contributed by atoms with Crippen molar-refractivity contribution in [1.82, 2.24) is 4.98 Å². The van der Waals surface area contributed by atoms with Crippen LogP contribution in [0.25, 0.3) is 0 Å². The molecule has 1 aromatic rings. The van der Waals surface area contributed by atoms with Gasteiger partial charge in [0.15, 0.2) is 15.3 Å². The molecule has 0 aliphatic heterocycles. The van der Waals surface area contributed by atoms with Crippen LogP contribution in [-0.4, -0.2) is 14.3 Å². The molecular formula is C7H12N2O2S2. The molecule has 0 aliphatic carbocycles. The van der Waals surface area contributed by atoms with Crippen molar-refractivity contribution in [2.24, 2.45) is 5.14 Å². The Morgan fingerprint density at radius 2 is 2.15 bits per heavy atom. The number of nitrogens with two attached hydrogens (primary N) is 1. The lowest BCUT2D eigenvalue weighted by atomic mass is 10.1. The number of thiazole rings is 1. The highest BCUT2D eigenvalue weighted by atomic mass is 32.2. The van der Waals surface area contributed by atoms with Crippen LogP contribution in [0.1, 0.15) is 24.4 Å². The van der Waals surface area contributed by atoms with Gasteiger partial charge in [0.25, 0.3) is 0 Å². The normalized spacial score (nSPS) is 14.5. The van der Waals surface area contributed by atoms with Gasteiger partial charge in [-0.3, -0.25) is 0 Å². The van der Waals surface area contributed by atoms with Gasteiger partial charge in [0.05, 0.1) is 5.69 Å². The molecule has 0 bridgehead atoms. The van der Waals surface area contributed by atoms with Gasteiger partial charge in [0.2, 0.25) is 0 Å². The van der Waals surface area contributed by atoms with Gasteiger partial charge in [0.1, 0.15) is 5.60 Å². The van der Waals surface area contributed by atoms with Crippen molar-refractivity contribution in [2.45, 2.75) is 30.7 Å². The fourth-order valence-corrected chi connectivity index (χ4v) is 2.70. The molecule has 74 valence electrons. The molecule has 0 saturated heterocycles. The van der Waals surface area contributed by atoms with E-state index in [9.17, 15) is 9.32 Å². The molecule has 1 unspecified atom stereocenters. The van der Waals surface area contributed by atoms with Crippen LogP contribution in [0.5, 0.6) is 0 Å². The second-order valence-electron chi connectivity index (χ2n) is 3.24. The average Bonchev–Trinajstić information content (AvgIpc) is 2.29. The van der Waals surface area contributed by atoms with E-state index in [1.54, 1.807) is 13.8 Å². The van der Waals surface area contributed by atoms with Crippen LogP contribution in [0.15, 0.2) is 4.34 Å².